The average molecular weight is 507 g/mol. The van der Waals surface area contributed by atoms with Crippen molar-refractivity contribution in [3.05, 3.63) is 59.9 Å². The molecule has 1 aliphatic heterocycles. The first-order chi connectivity index (χ1) is 17.8. The van der Waals surface area contributed by atoms with Gasteiger partial charge in [0.05, 0.1) is 29.9 Å². The number of anilines is 4. The van der Waals surface area contributed by atoms with Gasteiger partial charge in [-0.25, -0.2) is 9.97 Å². The first-order valence-corrected chi connectivity index (χ1v) is 12.5. The number of nitrogens with zero attached hydrogens (tertiary/aromatic N) is 5. The van der Waals surface area contributed by atoms with E-state index >= 15 is 0 Å². The van der Waals surface area contributed by atoms with Gasteiger partial charge in [-0.1, -0.05) is 6.08 Å². The highest BCUT2D eigenvalue weighted by Gasteiger charge is 2.34. The van der Waals surface area contributed by atoms with Gasteiger partial charge in [-0.15, -0.1) is 6.58 Å². The number of halogens is 1. The first kappa shape index (κ1) is 24.8. The van der Waals surface area contributed by atoms with E-state index in [1.807, 2.05) is 24.8 Å². The molecule has 0 bridgehead atoms. The Labute approximate surface area is 214 Å². The van der Waals surface area contributed by atoms with E-state index in [0.29, 0.717) is 42.8 Å². The van der Waals surface area contributed by atoms with E-state index < -0.39 is 17.6 Å². The number of H-pyrrole nitrogens is 1. The maximum atomic E-state index is 13.1. The number of carbonyl (C=O) groups excluding carboxylic acids is 1. The SMILES string of the molecule is C=CCOC(C)(C)c1cc(Nc2nc(N3CCCC3C(=O)Nc3ccc(F)nc3)nc3c2CCC3)n[nH]1. The third kappa shape index (κ3) is 5.31. The molecule has 37 heavy (non-hydrogen) atoms. The number of rotatable bonds is 9. The first-order valence-electron chi connectivity index (χ1n) is 12.5. The Morgan fingerprint density at radius 3 is 2.97 bits per heavy atom. The molecule has 3 N–H and O–H groups in total. The Bertz CT molecular complexity index is 1290. The second kappa shape index (κ2) is 10.3. The maximum absolute atomic E-state index is 13.1. The van der Waals surface area contributed by atoms with Gasteiger partial charge in [-0.3, -0.25) is 9.89 Å². The molecule has 1 fully saturated rings. The number of nitrogens with one attached hydrogen (secondary N) is 3. The Balaban J connectivity index is 1.37. The summed E-state index contributed by atoms with van der Waals surface area (Å²) in [4.78, 5) is 28.3. The molecule has 0 spiro atoms. The monoisotopic (exact) mass is 506 g/mol. The van der Waals surface area contributed by atoms with Crippen molar-refractivity contribution in [2.75, 3.05) is 28.7 Å². The number of aryl methyl sites for hydroxylation is 1. The van der Waals surface area contributed by atoms with Crippen LogP contribution in [0.4, 0.5) is 27.7 Å². The lowest BCUT2D eigenvalue weighted by molar-refractivity contribution is -0.117. The molecule has 1 amide bonds. The minimum Gasteiger partial charge on any atom is -0.365 e. The molecule has 10 nitrogen and oxygen atoms in total. The fourth-order valence-electron chi connectivity index (χ4n) is 4.77. The van der Waals surface area contributed by atoms with Gasteiger partial charge in [0.25, 0.3) is 0 Å². The normalized spacial score (nSPS) is 17.1. The average Bonchev–Trinajstić information content (AvgIpc) is 3.64. The van der Waals surface area contributed by atoms with E-state index in [9.17, 15) is 9.18 Å². The van der Waals surface area contributed by atoms with E-state index in [1.165, 1.54) is 18.3 Å². The summed E-state index contributed by atoms with van der Waals surface area (Å²) >= 11 is 0. The van der Waals surface area contributed by atoms with Crippen LogP contribution in [0.3, 0.4) is 0 Å². The van der Waals surface area contributed by atoms with Gasteiger partial charge in [-0.2, -0.15) is 14.5 Å². The quantitative estimate of drug-likeness (QED) is 0.294. The second-order valence-electron chi connectivity index (χ2n) is 9.76. The van der Waals surface area contributed by atoms with Gasteiger partial charge >= 0.3 is 0 Å². The molecule has 1 aliphatic carbocycles. The third-order valence-corrected chi connectivity index (χ3v) is 6.76. The van der Waals surface area contributed by atoms with Crippen molar-refractivity contribution in [1.82, 2.24) is 25.1 Å². The fourth-order valence-corrected chi connectivity index (χ4v) is 4.77. The topological polar surface area (TPSA) is 121 Å². The van der Waals surface area contributed by atoms with Crippen LogP contribution >= 0.6 is 0 Å². The van der Waals surface area contributed by atoms with Gasteiger partial charge in [0.2, 0.25) is 17.8 Å². The van der Waals surface area contributed by atoms with Crippen LogP contribution in [0.25, 0.3) is 0 Å². The number of amides is 1. The van der Waals surface area contributed by atoms with E-state index in [4.69, 9.17) is 14.7 Å². The second-order valence-corrected chi connectivity index (χ2v) is 9.76. The zero-order chi connectivity index (χ0) is 26.0. The number of hydrogen-bond acceptors (Lipinski definition) is 8. The van der Waals surface area contributed by atoms with Crippen molar-refractivity contribution >= 4 is 29.2 Å². The lowest BCUT2D eigenvalue weighted by Crippen LogP contribution is -2.40. The number of aromatic nitrogens is 5. The van der Waals surface area contributed by atoms with Crippen LogP contribution < -0.4 is 15.5 Å². The molecule has 4 heterocycles. The summed E-state index contributed by atoms with van der Waals surface area (Å²) in [6, 6.07) is 4.19. The van der Waals surface area contributed by atoms with Crippen molar-refractivity contribution in [1.29, 1.82) is 0 Å². The predicted octanol–water partition coefficient (Wildman–Crippen LogP) is 4.01. The standard InChI is InChI=1S/C26H31FN8O2/c1-4-13-37-26(2,3)20-14-22(34-33-20)31-23-17-7-5-8-18(17)30-25(32-23)35-12-6-9-19(35)24(36)29-16-10-11-21(27)28-15-16/h4,10-11,14-15,19H,1,5-9,12-13H2,2-3H3,(H,29,36)(H2,30,31,32,33,34). The third-order valence-electron chi connectivity index (χ3n) is 6.76. The van der Waals surface area contributed by atoms with Gasteiger partial charge in [-0.05, 0) is 58.1 Å². The van der Waals surface area contributed by atoms with Crippen LogP contribution in [0.2, 0.25) is 0 Å². The van der Waals surface area contributed by atoms with Gasteiger partial charge < -0.3 is 20.3 Å². The van der Waals surface area contributed by atoms with E-state index in [-0.39, 0.29) is 5.91 Å². The Morgan fingerprint density at radius 2 is 2.19 bits per heavy atom. The van der Waals surface area contributed by atoms with Crippen molar-refractivity contribution in [3.63, 3.8) is 0 Å². The number of ether oxygens (including phenoxy) is 1. The number of hydrogen-bond donors (Lipinski definition) is 3. The summed E-state index contributed by atoms with van der Waals surface area (Å²) in [6.45, 7) is 8.74. The highest BCUT2D eigenvalue weighted by Crippen LogP contribution is 2.33. The molecule has 0 saturated carbocycles. The van der Waals surface area contributed by atoms with Crippen LogP contribution in [0.1, 0.15) is 50.1 Å². The molecule has 5 rings (SSSR count). The van der Waals surface area contributed by atoms with Crippen LogP contribution in [-0.2, 0) is 28.0 Å². The lowest BCUT2D eigenvalue weighted by atomic mass is 10.1. The smallest absolute Gasteiger partial charge is 0.247 e. The summed E-state index contributed by atoms with van der Waals surface area (Å²) in [6.07, 6.45) is 7.27. The van der Waals surface area contributed by atoms with E-state index in [2.05, 4.69) is 32.4 Å². The molecule has 1 unspecified atom stereocenters. The van der Waals surface area contributed by atoms with Crippen molar-refractivity contribution < 1.29 is 13.9 Å². The minimum absolute atomic E-state index is 0.191. The summed E-state index contributed by atoms with van der Waals surface area (Å²) in [5, 5.41) is 13.7. The highest BCUT2D eigenvalue weighted by molar-refractivity contribution is 5.96. The largest absolute Gasteiger partial charge is 0.365 e. The molecule has 1 saturated heterocycles. The zero-order valence-corrected chi connectivity index (χ0v) is 21.1. The minimum atomic E-state index is -0.594. The maximum Gasteiger partial charge on any atom is 0.247 e. The van der Waals surface area contributed by atoms with Gasteiger partial charge in [0.15, 0.2) is 5.82 Å². The molecule has 0 aromatic carbocycles. The molecular formula is C26H31FN8O2. The van der Waals surface area contributed by atoms with Crippen molar-refractivity contribution in [2.24, 2.45) is 0 Å². The van der Waals surface area contributed by atoms with E-state index in [0.717, 1.165) is 42.6 Å². The molecule has 3 aromatic rings. The number of carbonyl (C=O) groups is 1. The lowest BCUT2D eigenvalue weighted by Gasteiger charge is -2.25. The molecule has 1 atom stereocenters. The van der Waals surface area contributed by atoms with Crippen LogP contribution in [0, 0.1) is 5.95 Å². The van der Waals surface area contributed by atoms with E-state index in [1.54, 1.807) is 6.08 Å². The molecule has 2 aliphatic rings. The van der Waals surface area contributed by atoms with Gasteiger partial charge in [0, 0.05) is 18.2 Å². The zero-order valence-electron chi connectivity index (χ0n) is 21.1. The molecule has 0 radical (unpaired) electrons. The van der Waals surface area contributed by atoms with Gasteiger partial charge in [0.1, 0.15) is 17.5 Å². The molecule has 3 aromatic heterocycles. The Morgan fingerprint density at radius 1 is 1.32 bits per heavy atom. The van der Waals surface area contributed by atoms with Crippen LogP contribution in [0.15, 0.2) is 37.1 Å². The number of aromatic amines is 1. The van der Waals surface area contributed by atoms with Crippen LogP contribution in [0.5, 0.6) is 0 Å². The molecular weight excluding hydrogens is 475 g/mol. The Hall–Kier alpha value is -3.86. The predicted molar refractivity (Wildman–Crippen MR) is 138 cm³/mol. The number of fused-ring (bicyclic) bond motifs is 1. The van der Waals surface area contributed by atoms with Crippen molar-refractivity contribution in [2.45, 2.75) is 57.6 Å². The molecule has 194 valence electrons. The fraction of sp³-hybridized carbons (Fsp3) is 0.423. The number of pyridine rings is 1. The summed E-state index contributed by atoms with van der Waals surface area (Å²) in [7, 11) is 0. The highest BCUT2D eigenvalue weighted by atomic mass is 19.1. The summed E-state index contributed by atoms with van der Waals surface area (Å²) < 4.78 is 19.0. The van der Waals surface area contributed by atoms with Crippen molar-refractivity contribution in [3.8, 4) is 0 Å². The van der Waals surface area contributed by atoms with Crippen LogP contribution in [-0.4, -0.2) is 50.2 Å². The summed E-state index contributed by atoms with van der Waals surface area (Å²) in [5.74, 6) is 1.06. The summed E-state index contributed by atoms with van der Waals surface area (Å²) in [5.41, 5.74) is 2.79. The Kier molecular flexibility index (Phi) is 6.88. The molecule has 11 heteroatoms.